The summed E-state index contributed by atoms with van der Waals surface area (Å²) in [5, 5.41) is 10.2. The zero-order valence-corrected chi connectivity index (χ0v) is 8.51. The van der Waals surface area contributed by atoms with E-state index >= 15 is 0 Å². The van der Waals surface area contributed by atoms with Gasteiger partial charge in [0.05, 0.1) is 18.1 Å². The molecule has 0 spiro atoms. The second kappa shape index (κ2) is 2.83. The maximum atomic E-state index is 11.7. The lowest BCUT2D eigenvalue weighted by Crippen LogP contribution is -2.38. The van der Waals surface area contributed by atoms with Crippen LogP contribution in [-0.2, 0) is 9.53 Å². The summed E-state index contributed by atoms with van der Waals surface area (Å²) in [7, 11) is 1.41. The summed E-state index contributed by atoms with van der Waals surface area (Å²) in [5.74, 6) is -0.186. The smallest absolute Gasteiger partial charge is 0.312 e. The highest BCUT2D eigenvalue weighted by Crippen LogP contribution is 2.56. The van der Waals surface area contributed by atoms with E-state index in [0.29, 0.717) is 12.8 Å². The van der Waals surface area contributed by atoms with E-state index in [1.165, 1.54) is 7.11 Å². The number of methoxy groups -OCH3 is 1. The molecule has 0 unspecified atom stereocenters. The minimum Gasteiger partial charge on any atom is -0.469 e. The van der Waals surface area contributed by atoms with Crippen LogP contribution >= 0.6 is 0 Å². The first-order valence-corrected chi connectivity index (χ1v) is 5.01. The van der Waals surface area contributed by atoms with Gasteiger partial charge in [0.25, 0.3) is 0 Å². The van der Waals surface area contributed by atoms with Crippen molar-refractivity contribution < 1.29 is 14.6 Å². The molecule has 2 fully saturated rings. The number of hydrogen-bond acceptors (Lipinski definition) is 3. The first kappa shape index (κ1) is 9.71. The number of carbonyl (C=O) groups is 1. The molecular weight excluding hydrogens is 180 g/mol. The van der Waals surface area contributed by atoms with Crippen molar-refractivity contribution in [1.29, 1.82) is 0 Å². The van der Waals surface area contributed by atoms with Gasteiger partial charge in [0.2, 0.25) is 0 Å². The van der Waals surface area contributed by atoms with Gasteiger partial charge in [0.15, 0.2) is 0 Å². The fourth-order valence-corrected chi connectivity index (χ4v) is 2.94. The second-order valence-electron chi connectivity index (χ2n) is 4.61. The average Bonchev–Trinajstić information content (AvgIpc) is 2.33. The Hall–Kier alpha value is -0.830. The van der Waals surface area contributed by atoms with Gasteiger partial charge in [-0.05, 0) is 37.7 Å². The van der Waals surface area contributed by atoms with Crippen LogP contribution in [0.25, 0.3) is 0 Å². The van der Waals surface area contributed by atoms with Crippen molar-refractivity contribution in [2.24, 2.45) is 5.41 Å². The van der Waals surface area contributed by atoms with Crippen LogP contribution in [-0.4, -0.2) is 23.8 Å². The highest BCUT2D eigenvalue weighted by atomic mass is 16.5. The summed E-state index contributed by atoms with van der Waals surface area (Å²) in [4.78, 5) is 11.7. The van der Waals surface area contributed by atoms with E-state index in [0.717, 1.165) is 24.8 Å². The van der Waals surface area contributed by atoms with E-state index in [1.54, 1.807) is 0 Å². The molecule has 0 heterocycles. The fourth-order valence-electron chi connectivity index (χ4n) is 2.94. The van der Waals surface area contributed by atoms with Crippen LogP contribution in [0.3, 0.4) is 0 Å². The zero-order chi connectivity index (χ0) is 10.4. The van der Waals surface area contributed by atoms with Gasteiger partial charge in [0.1, 0.15) is 0 Å². The van der Waals surface area contributed by atoms with Crippen LogP contribution in [0.5, 0.6) is 0 Å². The molecule has 0 aromatic heterocycles. The monoisotopic (exact) mass is 196 g/mol. The molecule has 0 radical (unpaired) electrons. The number of esters is 1. The summed E-state index contributed by atoms with van der Waals surface area (Å²) in [6.07, 6.45) is 3.54. The van der Waals surface area contributed by atoms with E-state index in [-0.39, 0.29) is 5.97 Å². The van der Waals surface area contributed by atoms with E-state index < -0.39 is 11.0 Å². The SMILES string of the molecule is C=C1C[C@@]2(C(=O)OC)CCC[C@]1(O)C2. The maximum Gasteiger partial charge on any atom is 0.312 e. The lowest BCUT2D eigenvalue weighted by molar-refractivity contribution is -0.156. The first-order chi connectivity index (χ1) is 6.52. The Balaban J connectivity index is 2.32. The van der Waals surface area contributed by atoms with Gasteiger partial charge in [-0.15, -0.1) is 0 Å². The van der Waals surface area contributed by atoms with Crippen LogP contribution in [0.1, 0.15) is 32.1 Å². The Kier molecular flexibility index (Phi) is 1.96. The molecule has 0 aliphatic heterocycles. The van der Waals surface area contributed by atoms with E-state index in [9.17, 15) is 9.90 Å². The van der Waals surface area contributed by atoms with Gasteiger partial charge in [-0.25, -0.2) is 0 Å². The molecular formula is C11H16O3. The van der Waals surface area contributed by atoms with Crippen LogP contribution in [0.2, 0.25) is 0 Å². The number of fused-ring (bicyclic) bond motifs is 2. The Bertz CT molecular complexity index is 297. The topological polar surface area (TPSA) is 46.5 Å². The summed E-state index contributed by atoms with van der Waals surface area (Å²) >= 11 is 0. The predicted octanol–water partition coefficient (Wildman–Crippen LogP) is 1.41. The molecule has 1 N–H and O–H groups in total. The Labute approximate surface area is 83.8 Å². The molecule has 78 valence electrons. The molecule has 2 rings (SSSR count). The summed E-state index contributed by atoms with van der Waals surface area (Å²) in [5.41, 5.74) is -0.467. The molecule has 2 aliphatic rings. The highest BCUT2D eigenvalue weighted by Gasteiger charge is 2.56. The van der Waals surface area contributed by atoms with Crippen molar-refractivity contribution >= 4 is 5.97 Å². The second-order valence-corrected chi connectivity index (χ2v) is 4.61. The maximum absolute atomic E-state index is 11.7. The van der Waals surface area contributed by atoms with Gasteiger partial charge in [-0.3, -0.25) is 4.79 Å². The fraction of sp³-hybridized carbons (Fsp3) is 0.727. The third-order valence-corrected chi connectivity index (χ3v) is 3.70. The Morgan fingerprint density at radius 1 is 1.57 bits per heavy atom. The molecule has 14 heavy (non-hydrogen) atoms. The van der Waals surface area contributed by atoms with E-state index in [2.05, 4.69) is 6.58 Å². The molecule has 2 atom stereocenters. The normalized spacial score (nSPS) is 41.1. The Morgan fingerprint density at radius 3 is 2.93 bits per heavy atom. The highest BCUT2D eigenvalue weighted by molar-refractivity contribution is 5.78. The number of rotatable bonds is 1. The molecule has 2 aliphatic carbocycles. The van der Waals surface area contributed by atoms with Gasteiger partial charge < -0.3 is 9.84 Å². The molecule has 2 saturated carbocycles. The summed E-state index contributed by atoms with van der Waals surface area (Å²) in [6.45, 7) is 3.87. The van der Waals surface area contributed by atoms with Crippen molar-refractivity contribution in [3.8, 4) is 0 Å². The molecule has 0 saturated heterocycles. The minimum atomic E-state index is -0.799. The zero-order valence-electron chi connectivity index (χ0n) is 8.51. The molecule has 0 aromatic carbocycles. The largest absolute Gasteiger partial charge is 0.469 e. The number of hydrogen-bond donors (Lipinski definition) is 1. The molecule has 3 nitrogen and oxygen atoms in total. The molecule has 3 heteroatoms. The standard InChI is InChI=1S/C11H16O3/c1-8-6-10(9(12)14-2)4-3-5-11(8,13)7-10/h13H,1,3-7H2,2H3/t10-,11-/m0/s1. The predicted molar refractivity (Wildman–Crippen MR) is 51.6 cm³/mol. The van der Waals surface area contributed by atoms with Crippen LogP contribution in [0, 0.1) is 5.41 Å². The van der Waals surface area contributed by atoms with Gasteiger partial charge in [-0.1, -0.05) is 6.58 Å². The van der Waals surface area contributed by atoms with Crippen molar-refractivity contribution in [3.05, 3.63) is 12.2 Å². The minimum absolute atomic E-state index is 0.186. The number of aliphatic hydroxyl groups is 1. The lowest BCUT2D eigenvalue weighted by atomic mass is 9.74. The van der Waals surface area contributed by atoms with E-state index in [4.69, 9.17) is 4.74 Å². The lowest BCUT2D eigenvalue weighted by Gasteiger charge is -2.33. The quantitative estimate of drug-likeness (QED) is 0.509. The van der Waals surface area contributed by atoms with Crippen molar-refractivity contribution in [2.75, 3.05) is 7.11 Å². The number of ether oxygens (including phenoxy) is 1. The number of carbonyl (C=O) groups excluding carboxylic acids is 1. The molecule has 2 bridgehead atoms. The third kappa shape index (κ3) is 1.12. The molecule has 0 amide bonds. The van der Waals surface area contributed by atoms with Crippen LogP contribution in [0.4, 0.5) is 0 Å². The van der Waals surface area contributed by atoms with Crippen molar-refractivity contribution in [3.63, 3.8) is 0 Å². The summed E-state index contributed by atoms with van der Waals surface area (Å²) < 4.78 is 4.81. The van der Waals surface area contributed by atoms with Crippen molar-refractivity contribution in [1.82, 2.24) is 0 Å². The first-order valence-electron chi connectivity index (χ1n) is 5.01. The van der Waals surface area contributed by atoms with Crippen molar-refractivity contribution in [2.45, 2.75) is 37.7 Å². The van der Waals surface area contributed by atoms with Gasteiger partial charge in [-0.2, -0.15) is 0 Å². The van der Waals surface area contributed by atoms with Gasteiger partial charge >= 0.3 is 5.97 Å². The average molecular weight is 196 g/mol. The van der Waals surface area contributed by atoms with Gasteiger partial charge in [0, 0.05) is 0 Å². The third-order valence-electron chi connectivity index (χ3n) is 3.70. The Morgan fingerprint density at radius 2 is 2.29 bits per heavy atom. The van der Waals surface area contributed by atoms with E-state index in [1.807, 2.05) is 0 Å². The summed E-state index contributed by atoms with van der Waals surface area (Å²) in [6, 6.07) is 0. The van der Waals surface area contributed by atoms with Crippen LogP contribution < -0.4 is 0 Å². The molecule has 0 aromatic rings. The van der Waals surface area contributed by atoms with Crippen LogP contribution in [0.15, 0.2) is 12.2 Å².